The largest absolute Gasteiger partial charge is 0.466 e. The van der Waals surface area contributed by atoms with Crippen LogP contribution in [0, 0.1) is 55.4 Å². The van der Waals surface area contributed by atoms with E-state index in [0.717, 1.165) is 45.6 Å². The summed E-state index contributed by atoms with van der Waals surface area (Å²) in [5.74, 6) is 0. The first kappa shape index (κ1) is 29.9. The van der Waals surface area contributed by atoms with E-state index in [1.807, 2.05) is 79.7 Å². The van der Waals surface area contributed by atoms with Gasteiger partial charge in [-0.3, -0.25) is 20.4 Å². The third kappa shape index (κ3) is 19.4. The lowest BCUT2D eigenvalue weighted by Crippen LogP contribution is -1.68. The minimum atomic E-state index is -4.64. The van der Waals surface area contributed by atoms with Crippen molar-refractivity contribution in [3.63, 3.8) is 0 Å². The Balaban J connectivity index is 0.000000390. The Bertz CT molecular complexity index is 866. The Morgan fingerprint density at radius 1 is 0.515 bits per heavy atom. The van der Waals surface area contributed by atoms with E-state index in [0.29, 0.717) is 0 Å². The highest BCUT2D eigenvalue weighted by atomic mass is 31.2. The number of nitrogens with one attached hydrogen (secondary N) is 4. The molecule has 0 aliphatic carbocycles. The number of rotatable bonds is 0. The summed E-state index contributed by atoms with van der Waals surface area (Å²) in [5.41, 5.74) is 8.70. The molecule has 0 radical (unpaired) electrons. The summed E-state index contributed by atoms with van der Waals surface area (Å²) in [7, 11) is -4.64. The molecular formula is C20H35N8O4P. The van der Waals surface area contributed by atoms with Gasteiger partial charge in [-0.25, -0.2) is 4.57 Å². The van der Waals surface area contributed by atoms with Gasteiger partial charge in [0.15, 0.2) is 0 Å². The molecule has 12 nitrogen and oxygen atoms in total. The smallest absolute Gasteiger partial charge is 0.303 e. The molecule has 4 rings (SSSR count). The van der Waals surface area contributed by atoms with Crippen LogP contribution in [0.2, 0.25) is 0 Å². The zero-order valence-corrected chi connectivity index (χ0v) is 21.2. The van der Waals surface area contributed by atoms with Crippen molar-refractivity contribution in [3.8, 4) is 0 Å². The molecule has 0 unspecified atom stereocenters. The van der Waals surface area contributed by atoms with Gasteiger partial charge in [-0.05, 0) is 79.7 Å². The Morgan fingerprint density at radius 2 is 0.667 bits per heavy atom. The van der Waals surface area contributed by atoms with Crippen molar-refractivity contribution in [3.05, 3.63) is 69.8 Å². The molecule has 4 heterocycles. The van der Waals surface area contributed by atoms with Gasteiger partial charge in [0.25, 0.3) is 0 Å². The normalized spacial score (nSPS) is 9.79. The molecule has 4 aromatic rings. The predicted octanol–water partition coefficient (Wildman–Crippen LogP) is 3.18. The van der Waals surface area contributed by atoms with Gasteiger partial charge in [0.1, 0.15) is 0 Å². The molecule has 0 atom stereocenters. The van der Waals surface area contributed by atoms with E-state index in [1.54, 1.807) is 0 Å². The second-order valence-electron chi connectivity index (χ2n) is 7.28. The average Bonchev–Trinajstić information content (AvgIpc) is 3.42. The van der Waals surface area contributed by atoms with Crippen LogP contribution in [0.4, 0.5) is 0 Å². The molecule has 4 aromatic heterocycles. The Kier molecular flexibility index (Phi) is 13.5. The maximum absolute atomic E-state index is 8.88. The molecule has 0 aliphatic rings. The Morgan fingerprint density at radius 3 is 0.697 bits per heavy atom. The van der Waals surface area contributed by atoms with Gasteiger partial charge in [-0.15, -0.1) is 0 Å². The van der Waals surface area contributed by atoms with Crippen molar-refractivity contribution in [2.24, 2.45) is 0 Å². The van der Waals surface area contributed by atoms with Gasteiger partial charge in [-0.1, -0.05) is 0 Å². The number of aromatic amines is 4. The fourth-order valence-electron chi connectivity index (χ4n) is 2.22. The van der Waals surface area contributed by atoms with Gasteiger partial charge in [0.05, 0.1) is 22.8 Å². The molecule has 0 aliphatic heterocycles. The molecule has 33 heavy (non-hydrogen) atoms. The summed E-state index contributed by atoms with van der Waals surface area (Å²) < 4.78 is 8.88. The Labute approximate surface area is 193 Å². The van der Waals surface area contributed by atoms with Crippen molar-refractivity contribution in [1.82, 2.24) is 40.8 Å². The van der Waals surface area contributed by atoms with Crippen LogP contribution in [0.3, 0.4) is 0 Å². The number of phosphoric acid groups is 1. The van der Waals surface area contributed by atoms with E-state index in [9.17, 15) is 0 Å². The van der Waals surface area contributed by atoms with Crippen molar-refractivity contribution >= 4 is 7.82 Å². The molecular weight excluding hydrogens is 447 g/mol. The summed E-state index contributed by atoms with van der Waals surface area (Å²) in [6.07, 6.45) is 0. The van der Waals surface area contributed by atoms with Crippen LogP contribution in [-0.4, -0.2) is 55.5 Å². The zero-order chi connectivity index (χ0) is 25.6. The third-order valence-electron chi connectivity index (χ3n) is 3.34. The second-order valence-corrected chi connectivity index (χ2v) is 8.31. The predicted molar refractivity (Wildman–Crippen MR) is 127 cm³/mol. The van der Waals surface area contributed by atoms with Gasteiger partial charge >= 0.3 is 7.82 Å². The lowest BCUT2D eigenvalue weighted by molar-refractivity contribution is 0.275. The summed E-state index contributed by atoms with van der Waals surface area (Å²) in [6, 6.07) is 8.00. The van der Waals surface area contributed by atoms with Crippen molar-refractivity contribution < 1.29 is 19.2 Å². The van der Waals surface area contributed by atoms with E-state index in [1.165, 1.54) is 0 Å². The maximum Gasteiger partial charge on any atom is 0.466 e. The quantitative estimate of drug-likeness (QED) is 0.186. The fourth-order valence-corrected chi connectivity index (χ4v) is 2.22. The number of nitrogens with zero attached hydrogens (tertiary/aromatic N) is 4. The van der Waals surface area contributed by atoms with Crippen molar-refractivity contribution in [2.75, 3.05) is 0 Å². The van der Waals surface area contributed by atoms with Crippen LogP contribution in [0.5, 0.6) is 0 Å². The molecule has 7 N–H and O–H groups in total. The summed E-state index contributed by atoms with van der Waals surface area (Å²) in [4.78, 5) is 21.6. The lowest BCUT2D eigenvalue weighted by atomic mass is 10.4. The second kappa shape index (κ2) is 14.9. The van der Waals surface area contributed by atoms with E-state index in [2.05, 4.69) is 40.8 Å². The summed E-state index contributed by atoms with van der Waals surface area (Å²) in [6.45, 7) is 15.8. The third-order valence-corrected chi connectivity index (χ3v) is 3.34. The highest BCUT2D eigenvalue weighted by molar-refractivity contribution is 7.45. The topological polar surface area (TPSA) is 192 Å². The molecule has 0 fully saturated rings. The maximum atomic E-state index is 8.88. The van der Waals surface area contributed by atoms with E-state index in [4.69, 9.17) is 19.2 Å². The van der Waals surface area contributed by atoms with E-state index >= 15 is 0 Å². The number of hydrogen-bond donors (Lipinski definition) is 7. The van der Waals surface area contributed by atoms with Crippen LogP contribution in [-0.2, 0) is 4.57 Å². The fraction of sp³-hybridized carbons (Fsp3) is 0.400. The van der Waals surface area contributed by atoms with Crippen molar-refractivity contribution in [1.29, 1.82) is 0 Å². The van der Waals surface area contributed by atoms with Gasteiger partial charge < -0.3 is 14.7 Å². The highest BCUT2D eigenvalue weighted by Crippen LogP contribution is 2.25. The molecule has 0 spiro atoms. The van der Waals surface area contributed by atoms with Gasteiger partial charge in [-0.2, -0.15) is 20.4 Å². The van der Waals surface area contributed by atoms with Gasteiger partial charge in [0.2, 0.25) is 0 Å². The SMILES string of the molecule is Cc1cc(C)[nH]n1.Cc1cc(C)[nH]n1.Cc1cc(C)[nH]n1.Cc1cc(C)[nH]n1.O=P(O)(O)O. The van der Waals surface area contributed by atoms with Crippen LogP contribution in [0.25, 0.3) is 0 Å². The first-order chi connectivity index (χ1) is 15.2. The lowest BCUT2D eigenvalue weighted by Gasteiger charge is -1.82. The molecule has 0 amide bonds. The van der Waals surface area contributed by atoms with E-state index in [-0.39, 0.29) is 0 Å². The monoisotopic (exact) mass is 482 g/mol. The number of aromatic nitrogens is 8. The van der Waals surface area contributed by atoms with Crippen LogP contribution < -0.4 is 0 Å². The number of H-pyrrole nitrogens is 4. The number of hydrogen-bond acceptors (Lipinski definition) is 5. The molecule has 184 valence electrons. The minimum Gasteiger partial charge on any atom is -0.303 e. The number of aryl methyl sites for hydroxylation is 8. The zero-order valence-electron chi connectivity index (χ0n) is 20.3. The highest BCUT2D eigenvalue weighted by Gasteiger charge is 2.00. The summed E-state index contributed by atoms with van der Waals surface area (Å²) in [5, 5.41) is 26.8. The van der Waals surface area contributed by atoms with Crippen LogP contribution in [0.15, 0.2) is 24.3 Å². The van der Waals surface area contributed by atoms with Crippen molar-refractivity contribution in [2.45, 2.75) is 55.4 Å². The average molecular weight is 483 g/mol. The van der Waals surface area contributed by atoms with Crippen LogP contribution >= 0.6 is 7.82 Å². The molecule has 0 saturated carbocycles. The van der Waals surface area contributed by atoms with Gasteiger partial charge in [0, 0.05) is 22.8 Å². The molecule has 0 saturated heterocycles. The standard InChI is InChI=1S/4C5H8N2.H3O4P/c4*1-4-3-5(2)7-6-4;1-5(2,3)4/h4*3H,1-2H3,(H,6,7);(H3,1,2,3,4). The molecule has 13 heteroatoms. The first-order valence-corrected chi connectivity index (χ1v) is 11.4. The molecule has 0 aromatic carbocycles. The van der Waals surface area contributed by atoms with Crippen LogP contribution in [0.1, 0.15) is 45.6 Å². The van der Waals surface area contributed by atoms with E-state index < -0.39 is 7.82 Å². The Hall–Kier alpha value is -3.05. The minimum absolute atomic E-state index is 1.05. The summed E-state index contributed by atoms with van der Waals surface area (Å²) >= 11 is 0. The first-order valence-electron chi connectivity index (χ1n) is 9.88. The molecule has 0 bridgehead atoms.